The van der Waals surface area contributed by atoms with Crippen molar-refractivity contribution in [2.75, 3.05) is 0 Å². The zero-order valence-corrected chi connectivity index (χ0v) is 11.1. The van der Waals surface area contributed by atoms with E-state index in [1.165, 1.54) is 17.5 Å². The van der Waals surface area contributed by atoms with Gasteiger partial charge in [-0.1, -0.05) is 6.07 Å². The van der Waals surface area contributed by atoms with Crippen LogP contribution in [0.3, 0.4) is 0 Å². The molecule has 0 amide bonds. The number of benzene rings is 1. The first-order valence-corrected chi connectivity index (χ1v) is 7.23. The topological polar surface area (TPSA) is 37.3 Å². The molecule has 4 rings (SSSR count). The lowest BCUT2D eigenvalue weighted by molar-refractivity contribution is -0.119. The monoisotopic (exact) mass is 254 g/mol. The Morgan fingerprint density at radius 1 is 1.21 bits per heavy atom. The molecule has 0 radical (unpaired) electrons. The third kappa shape index (κ3) is 1.46. The molecule has 3 atom stereocenters. The Morgan fingerprint density at radius 3 is 2.89 bits per heavy atom. The van der Waals surface area contributed by atoms with Crippen molar-refractivity contribution < 1.29 is 9.90 Å². The normalized spacial score (nSPS) is 32.3. The van der Waals surface area contributed by atoms with Crippen LogP contribution in [0.1, 0.15) is 49.7 Å². The Morgan fingerprint density at radius 2 is 2.05 bits per heavy atom. The van der Waals surface area contributed by atoms with Crippen LogP contribution in [0.15, 0.2) is 23.8 Å². The van der Waals surface area contributed by atoms with Crippen LogP contribution < -0.4 is 0 Å². The minimum absolute atomic E-state index is 0.241. The van der Waals surface area contributed by atoms with Crippen LogP contribution in [0.2, 0.25) is 0 Å². The molecule has 1 aromatic carbocycles. The fraction of sp³-hybridized carbons (Fsp3) is 0.471. The summed E-state index contributed by atoms with van der Waals surface area (Å²) in [6, 6.07) is 5.56. The molecule has 3 unspecified atom stereocenters. The lowest BCUT2D eigenvalue weighted by atomic mass is 9.84. The van der Waals surface area contributed by atoms with Crippen molar-refractivity contribution in [3.05, 3.63) is 34.9 Å². The van der Waals surface area contributed by atoms with E-state index in [1.807, 2.05) is 12.1 Å². The molecule has 1 N–H and O–H groups in total. The number of phenolic OH excluding ortho intramolecular Hbond substituents is 1. The third-order valence-electron chi connectivity index (χ3n) is 5.31. The predicted molar refractivity (Wildman–Crippen MR) is 73.9 cm³/mol. The summed E-state index contributed by atoms with van der Waals surface area (Å²) in [7, 11) is 0. The number of phenols is 1. The summed E-state index contributed by atoms with van der Waals surface area (Å²) in [6.07, 6.45) is 4.45. The van der Waals surface area contributed by atoms with E-state index in [-0.39, 0.29) is 11.8 Å². The van der Waals surface area contributed by atoms with Crippen LogP contribution in [0.5, 0.6) is 5.75 Å². The highest BCUT2D eigenvalue weighted by Gasteiger charge is 2.43. The van der Waals surface area contributed by atoms with Crippen molar-refractivity contribution >= 4 is 11.4 Å². The van der Waals surface area contributed by atoms with Gasteiger partial charge in [0.25, 0.3) is 0 Å². The molecule has 2 saturated carbocycles. The summed E-state index contributed by atoms with van der Waals surface area (Å²) in [4.78, 5) is 12.7. The number of aromatic hydroxyl groups is 1. The second-order valence-corrected chi connectivity index (χ2v) is 6.34. The van der Waals surface area contributed by atoms with Gasteiger partial charge in [-0.25, -0.2) is 0 Å². The van der Waals surface area contributed by atoms with Crippen molar-refractivity contribution in [3.8, 4) is 5.75 Å². The second-order valence-electron chi connectivity index (χ2n) is 6.34. The van der Waals surface area contributed by atoms with Crippen LogP contribution in [-0.2, 0) is 4.79 Å². The van der Waals surface area contributed by atoms with E-state index in [4.69, 9.17) is 0 Å². The summed E-state index contributed by atoms with van der Waals surface area (Å²) in [6.45, 7) is 2.07. The van der Waals surface area contributed by atoms with Crippen LogP contribution in [0.25, 0.3) is 5.57 Å². The van der Waals surface area contributed by atoms with Gasteiger partial charge in [-0.3, -0.25) is 4.79 Å². The van der Waals surface area contributed by atoms with E-state index in [1.54, 1.807) is 6.07 Å². The standard InChI is InChI=1S/C17H18O2/c1-9-13-5-4-12(18)8-14(13)15-7-10-2-3-11(6-10)17(19)16(9)15/h4-5,8,10-11,15,18H,2-3,6-7H2,1H3. The zero-order chi connectivity index (χ0) is 13.1. The fourth-order valence-electron chi connectivity index (χ4n) is 4.42. The molecule has 98 valence electrons. The Bertz CT molecular complexity index is 612. The first-order chi connectivity index (χ1) is 9.15. The van der Waals surface area contributed by atoms with E-state index in [2.05, 4.69) is 6.92 Å². The number of rotatable bonds is 0. The smallest absolute Gasteiger partial charge is 0.162 e. The number of hydrogen-bond acceptors (Lipinski definition) is 2. The van der Waals surface area contributed by atoms with E-state index in [0.29, 0.717) is 17.5 Å². The van der Waals surface area contributed by atoms with Crippen LogP contribution in [0, 0.1) is 11.8 Å². The number of hydrogen-bond donors (Lipinski definition) is 1. The molecular weight excluding hydrogens is 236 g/mol. The van der Waals surface area contributed by atoms with E-state index in [0.717, 1.165) is 30.4 Å². The molecule has 19 heavy (non-hydrogen) atoms. The lowest BCUT2D eigenvalue weighted by Crippen LogP contribution is -2.15. The Balaban J connectivity index is 1.90. The van der Waals surface area contributed by atoms with Gasteiger partial charge in [0.15, 0.2) is 5.78 Å². The molecular formula is C17H18O2. The van der Waals surface area contributed by atoms with Crippen molar-refractivity contribution in [1.82, 2.24) is 0 Å². The largest absolute Gasteiger partial charge is 0.508 e. The molecule has 3 aliphatic carbocycles. The first kappa shape index (κ1) is 11.3. The molecule has 2 heteroatoms. The summed E-state index contributed by atoms with van der Waals surface area (Å²) in [5.74, 6) is 1.90. The van der Waals surface area contributed by atoms with E-state index >= 15 is 0 Å². The number of ketones is 1. The molecule has 2 bridgehead atoms. The number of Topliss-reactive ketones (excluding diaryl/α,β-unsaturated/α-hetero) is 1. The minimum atomic E-state index is 0.241. The predicted octanol–water partition coefficient (Wildman–Crippen LogP) is 3.65. The SMILES string of the molecule is CC1=C2C(=O)C3CCC(C3)CC2c2cc(O)ccc21. The molecule has 1 aromatic rings. The van der Waals surface area contributed by atoms with Crippen LogP contribution in [0.4, 0.5) is 0 Å². The molecule has 0 spiro atoms. The van der Waals surface area contributed by atoms with Gasteiger partial charge in [-0.05, 0) is 67.4 Å². The second kappa shape index (κ2) is 3.72. The molecule has 0 heterocycles. The summed E-state index contributed by atoms with van der Waals surface area (Å²) in [5.41, 5.74) is 4.55. The average Bonchev–Trinajstić information content (AvgIpc) is 2.89. The van der Waals surface area contributed by atoms with Gasteiger partial charge in [-0.2, -0.15) is 0 Å². The van der Waals surface area contributed by atoms with Crippen LogP contribution >= 0.6 is 0 Å². The molecule has 3 aliphatic rings. The van der Waals surface area contributed by atoms with E-state index in [9.17, 15) is 9.90 Å². The maximum absolute atomic E-state index is 12.7. The van der Waals surface area contributed by atoms with Gasteiger partial charge < -0.3 is 5.11 Å². The number of carbonyl (C=O) groups is 1. The lowest BCUT2D eigenvalue weighted by Gasteiger charge is -2.19. The van der Waals surface area contributed by atoms with Crippen LogP contribution in [-0.4, -0.2) is 10.9 Å². The van der Waals surface area contributed by atoms with Gasteiger partial charge in [0.2, 0.25) is 0 Å². The van der Waals surface area contributed by atoms with Gasteiger partial charge in [-0.15, -0.1) is 0 Å². The Kier molecular flexibility index (Phi) is 2.21. The summed E-state index contributed by atoms with van der Waals surface area (Å²) in [5, 5.41) is 9.74. The van der Waals surface area contributed by atoms with Gasteiger partial charge in [0.05, 0.1) is 0 Å². The Labute approximate surface area is 113 Å². The zero-order valence-electron chi connectivity index (χ0n) is 11.1. The fourth-order valence-corrected chi connectivity index (χ4v) is 4.42. The molecule has 2 nitrogen and oxygen atoms in total. The van der Waals surface area contributed by atoms with Gasteiger partial charge in [0, 0.05) is 17.4 Å². The Hall–Kier alpha value is -1.57. The minimum Gasteiger partial charge on any atom is -0.508 e. The molecule has 0 aliphatic heterocycles. The van der Waals surface area contributed by atoms with Crippen molar-refractivity contribution in [2.24, 2.45) is 11.8 Å². The molecule has 0 saturated heterocycles. The first-order valence-electron chi connectivity index (χ1n) is 7.23. The maximum Gasteiger partial charge on any atom is 0.162 e. The van der Waals surface area contributed by atoms with Crippen molar-refractivity contribution in [1.29, 1.82) is 0 Å². The number of allylic oxidation sites excluding steroid dienone is 2. The van der Waals surface area contributed by atoms with Gasteiger partial charge >= 0.3 is 0 Å². The highest BCUT2D eigenvalue weighted by Crippen LogP contribution is 2.53. The van der Waals surface area contributed by atoms with Crippen molar-refractivity contribution in [3.63, 3.8) is 0 Å². The number of carbonyl (C=O) groups excluding carboxylic acids is 1. The highest BCUT2D eigenvalue weighted by molar-refractivity contribution is 6.08. The highest BCUT2D eigenvalue weighted by atomic mass is 16.3. The summed E-state index contributed by atoms with van der Waals surface area (Å²) >= 11 is 0. The van der Waals surface area contributed by atoms with E-state index < -0.39 is 0 Å². The van der Waals surface area contributed by atoms with Crippen molar-refractivity contribution in [2.45, 2.75) is 38.5 Å². The quantitative estimate of drug-likeness (QED) is 0.767. The average molecular weight is 254 g/mol. The number of fused-ring (bicyclic) bond motifs is 5. The maximum atomic E-state index is 12.7. The van der Waals surface area contributed by atoms with Gasteiger partial charge in [0.1, 0.15) is 5.75 Å². The third-order valence-corrected chi connectivity index (χ3v) is 5.31. The molecule has 2 fully saturated rings. The summed E-state index contributed by atoms with van der Waals surface area (Å²) < 4.78 is 0. The molecule has 0 aromatic heterocycles.